The second-order valence-corrected chi connectivity index (χ2v) is 2.74. The van der Waals surface area contributed by atoms with Crippen molar-refractivity contribution in [3.63, 3.8) is 0 Å². The maximum absolute atomic E-state index is 8.89. The van der Waals surface area contributed by atoms with Crippen LogP contribution in [0.15, 0.2) is 0 Å². The molecule has 0 aromatic carbocycles. The van der Waals surface area contributed by atoms with Crippen LogP contribution in [-0.2, 0) is 0 Å². The molecule has 1 rings (SSSR count). The molecule has 0 aromatic rings. The molecule has 1 aliphatic rings. The molecule has 0 bridgehead atoms. The third-order valence-corrected chi connectivity index (χ3v) is 1.82. The smallest absolute Gasteiger partial charge is 0.117 e. The second-order valence-electron chi connectivity index (χ2n) is 2.74. The van der Waals surface area contributed by atoms with Crippen molar-refractivity contribution in [2.45, 2.75) is 38.1 Å². The highest BCUT2D eigenvalue weighted by Gasteiger charge is 2.23. The van der Waals surface area contributed by atoms with Crippen LogP contribution in [0.5, 0.6) is 0 Å². The first kappa shape index (κ1) is 6.99. The molecule has 54 valence electrons. The Morgan fingerprint density at radius 3 is 2.56 bits per heavy atom. The average molecular weight is 130 g/mol. The molecule has 3 heteroatoms. The highest BCUT2D eigenvalue weighted by atomic mass is 16.3. The van der Waals surface area contributed by atoms with E-state index >= 15 is 0 Å². The number of aliphatic hydroxyl groups excluding tert-OH is 1. The van der Waals surface area contributed by atoms with Gasteiger partial charge < -0.3 is 16.2 Å². The summed E-state index contributed by atoms with van der Waals surface area (Å²) in [5.41, 5.74) is 5.25. The summed E-state index contributed by atoms with van der Waals surface area (Å²) in [6, 6.07) is 0.646. The zero-order valence-corrected chi connectivity index (χ0v) is 5.67. The molecule has 0 amide bonds. The monoisotopic (exact) mass is 130 g/mol. The van der Waals surface area contributed by atoms with Crippen LogP contribution in [0, 0.1) is 0 Å². The molecule has 1 aliphatic heterocycles. The van der Waals surface area contributed by atoms with Gasteiger partial charge in [-0.2, -0.15) is 0 Å². The Morgan fingerprint density at radius 2 is 2.33 bits per heavy atom. The third kappa shape index (κ3) is 1.64. The topological polar surface area (TPSA) is 58.3 Å². The molecule has 1 fully saturated rings. The summed E-state index contributed by atoms with van der Waals surface area (Å²) in [7, 11) is 0. The number of aliphatic hydroxyl groups is 1. The first-order valence-corrected chi connectivity index (χ1v) is 3.40. The molecule has 4 N–H and O–H groups in total. The van der Waals surface area contributed by atoms with E-state index in [0.717, 1.165) is 12.8 Å². The minimum Gasteiger partial charge on any atom is -0.377 e. The highest BCUT2D eigenvalue weighted by molar-refractivity contribution is 4.82. The van der Waals surface area contributed by atoms with Gasteiger partial charge in [0.1, 0.15) is 6.23 Å². The van der Waals surface area contributed by atoms with Crippen LogP contribution >= 0.6 is 0 Å². The van der Waals surface area contributed by atoms with Gasteiger partial charge in [-0.1, -0.05) is 0 Å². The van der Waals surface area contributed by atoms with Gasteiger partial charge in [-0.3, -0.25) is 0 Å². The summed E-state index contributed by atoms with van der Waals surface area (Å²) in [6.07, 6.45) is 1.44. The van der Waals surface area contributed by atoms with Crippen molar-refractivity contribution >= 4 is 0 Å². The van der Waals surface area contributed by atoms with Crippen LogP contribution in [0.4, 0.5) is 0 Å². The van der Waals surface area contributed by atoms with Crippen molar-refractivity contribution in [2.24, 2.45) is 5.73 Å². The number of hydrogen-bond acceptors (Lipinski definition) is 3. The average Bonchev–Trinajstić information content (AvgIpc) is 2.14. The highest BCUT2D eigenvalue weighted by Crippen LogP contribution is 2.12. The van der Waals surface area contributed by atoms with E-state index in [-0.39, 0.29) is 6.04 Å². The van der Waals surface area contributed by atoms with Gasteiger partial charge in [-0.25, -0.2) is 0 Å². The molecule has 0 spiro atoms. The van der Waals surface area contributed by atoms with Gasteiger partial charge in [0.05, 0.1) is 0 Å². The molecule has 1 heterocycles. The summed E-state index contributed by atoms with van der Waals surface area (Å²) in [5.74, 6) is 0. The van der Waals surface area contributed by atoms with Crippen molar-refractivity contribution in [3.05, 3.63) is 0 Å². The van der Waals surface area contributed by atoms with Crippen LogP contribution in [0.3, 0.4) is 0 Å². The number of rotatable bonds is 1. The van der Waals surface area contributed by atoms with E-state index in [1.165, 1.54) is 0 Å². The number of hydrogen-bond donors (Lipinski definition) is 3. The van der Waals surface area contributed by atoms with Crippen LogP contribution < -0.4 is 11.1 Å². The van der Waals surface area contributed by atoms with E-state index < -0.39 is 6.23 Å². The molecular weight excluding hydrogens is 116 g/mol. The van der Waals surface area contributed by atoms with Crippen molar-refractivity contribution < 1.29 is 5.11 Å². The van der Waals surface area contributed by atoms with Crippen LogP contribution in [0.2, 0.25) is 0 Å². The van der Waals surface area contributed by atoms with Crippen LogP contribution in [0.25, 0.3) is 0 Å². The van der Waals surface area contributed by atoms with Crippen LogP contribution in [0.1, 0.15) is 19.8 Å². The molecular formula is C6H14N2O. The number of nitrogens with two attached hydrogens (primary N) is 1. The Kier molecular flexibility index (Phi) is 2.05. The van der Waals surface area contributed by atoms with Gasteiger partial charge in [0.2, 0.25) is 0 Å². The first-order valence-electron chi connectivity index (χ1n) is 3.40. The molecule has 0 saturated carbocycles. The van der Waals surface area contributed by atoms with E-state index in [9.17, 15) is 0 Å². The molecule has 9 heavy (non-hydrogen) atoms. The lowest BCUT2D eigenvalue weighted by molar-refractivity contribution is 0.141. The van der Waals surface area contributed by atoms with E-state index in [1.54, 1.807) is 0 Å². The van der Waals surface area contributed by atoms with Crippen molar-refractivity contribution in [2.75, 3.05) is 0 Å². The fourth-order valence-corrected chi connectivity index (χ4v) is 1.23. The quantitative estimate of drug-likeness (QED) is 0.416. The lowest BCUT2D eigenvalue weighted by Crippen LogP contribution is -2.42. The van der Waals surface area contributed by atoms with Crippen molar-refractivity contribution in [1.29, 1.82) is 0 Å². The van der Waals surface area contributed by atoms with E-state index in [2.05, 4.69) is 12.2 Å². The van der Waals surface area contributed by atoms with E-state index in [1.807, 2.05) is 0 Å². The molecule has 0 aliphatic carbocycles. The number of nitrogens with one attached hydrogen (secondary N) is 1. The van der Waals surface area contributed by atoms with Crippen LogP contribution in [-0.4, -0.2) is 23.4 Å². The minimum absolute atomic E-state index is 0.125. The lowest BCUT2D eigenvalue weighted by atomic mass is 10.2. The maximum atomic E-state index is 8.89. The Balaban J connectivity index is 2.30. The van der Waals surface area contributed by atoms with Crippen molar-refractivity contribution in [1.82, 2.24) is 5.32 Å². The molecule has 1 saturated heterocycles. The summed E-state index contributed by atoms with van der Waals surface area (Å²) in [6.45, 7) is 2.10. The predicted molar refractivity (Wildman–Crippen MR) is 35.8 cm³/mol. The molecule has 3 atom stereocenters. The van der Waals surface area contributed by atoms with Crippen molar-refractivity contribution in [3.8, 4) is 0 Å². The standard InChI is InChI=1S/C6H14N2O/c1-4-2-3-5(8-4)6(7)9/h4-6,8-9H,2-3,7H2,1H3/t4?,5?,6-/m0/s1. The molecule has 3 nitrogen and oxygen atoms in total. The maximum Gasteiger partial charge on any atom is 0.117 e. The Bertz CT molecular complexity index is 95.1. The SMILES string of the molecule is CC1CCC([C@@H](N)O)N1. The van der Waals surface area contributed by atoms with E-state index in [4.69, 9.17) is 10.8 Å². The summed E-state index contributed by atoms with van der Waals surface area (Å²) < 4.78 is 0. The summed E-state index contributed by atoms with van der Waals surface area (Å²) in [4.78, 5) is 0. The van der Waals surface area contributed by atoms with Gasteiger partial charge in [0.25, 0.3) is 0 Å². The van der Waals surface area contributed by atoms with Gasteiger partial charge in [-0.05, 0) is 19.8 Å². The van der Waals surface area contributed by atoms with Gasteiger partial charge >= 0.3 is 0 Å². The molecule has 2 unspecified atom stereocenters. The van der Waals surface area contributed by atoms with Gasteiger partial charge in [0.15, 0.2) is 0 Å². The molecule has 0 aromatic heterocycles. The summed E-state index contributed by atoms with van der Waals surface area (Å²) >= 11 is 0. The Labute approximate surface area is 55.2 Å². The lowest BCUT2D eigenvalue weighted by Gasteiger charge is -2.13. The Morgan fingerprint density at radius 1 is 1.67 bits per heavy atom. The molecule has 0 radical (unpaired) electrons. The third-order valence-electron chi connectivity index (χ3n) is 1.82. The predicted octanol–water partition coefficient (Wildman–Crippen LogP) is -0.596. The fourth-order valence-electron chi connectivity index (χ4n) is 1.23. The van der Waals surface area contributed by atoms with Gasteiger partial charge in [0, 0.05) is 12.1 Å². The Hall–Kier alpha value is -0.120. The summed E-state index contributed by atoms with van der Waals surface area (Å²) in [5, 5.41) is 12.1. The zero-order valence-electron chi connectivity index (χ0n) is 5.67. The first-order chi connectivity index (χ1) is 4.20. The fraction of sp³-hybridized carbons (Fsp3) is 1.00. The largest absolute Gasteiger partial charge is 0.377 e. The van der Waals surface area contributed by atoms with Gasteiger partial charge in [-0.15, -0.1) is 0 Å². The second kappa shape index (κ2) is 2.64. The normalized spacial score (nSPS) is 39.0. The van der Waals surface area contributed by atoms with E-state index in [0.29, 0.717) is 6.04 Å². The minimum atomic E-state index is -0.685. The zero-order chi connectivity index (χ0) is 6.85.